The highest BCUT2D eigenvalue weighted by molar-refractivity contribution is 5.98. The molecule has 1 aromatic carbocycles. The lowest BCUT2D eigenvalue weighted by molar-refractivity contribution is 0.0950. The summed E-state index contributed by atoms with van der Waals surface area (Å²) in [6.07, 6.45) is 9.96. The monoisotopic (exact) mass is 493 g/mol. The van der Waals surface area contributed by atoms with Crippen molar-refractivity contribution in [3.8, 4) is 5.69 Å². The number of nitrogens with zero attached hydrogens (tertiary/aromatic N) is 4. The normalized spacial score (nSPS) is 17.5. The third-order valence-electron chi connectivity index (χ3n) is 6.37. The fraction of sp³-hybridized carbons (Fsp3) is 0.462. The summed E-state index contributed by atoms with van der Waals surface area (Å²) in [5.74, 6) is 0.760. The third-order valence-corrected chi connectivity index (χ3v) is 6.37. The lowest BCUT2D eigenvalue weighted by atomic mass is 9.93. The lowest BCUT2D eigenvalue weighted by Crippen LogP contribution is -2.31. The maximum Gasteiger partial charge on any atom is 0.256 e. The Morgan fingerprint density at radius 2 is 1.92 bits per heavy atom. The van der Waals surface area contributed by atoms with Crippen molar-refractivity contribution in [1.29, 1.82) is 0 Å². The molecule has 4 rings (SSSR count). The van der Waals surface area contributed by atoms with Gasteiger partial charge in [-0.1, -0.05) is 25.5 Å². The molecule has 36 heavy (non-hydrogen) atoms. The highest BCUT2D eigenvalue weighted by atomic mass is 16.3. The van der Waals surface area contributed by atoms with Gasteiger partial charge < -0.3 is 30.7 Å². The first-order chi connectivity index (χ1) is 17.6. The van der Waals surface area contributed by atoms with E-state index in [0.717, 1.165) is 56.3 Å². The van der Waals surface area contributed by atoms with Gasteiger partial charge in [-0.3, -0.25) is 4.79 Å². The van der Waals surface area contributed by atoms with Gasteiger partial charge in [0.05, 0.1) is 24.7 Å². The average Bonchev–Trinajstić information content (AvgIpc) is 3.39. The smallest absolute Gasteiger partial charge is 0.256 e. The fourth-order valence-corrected chi connectivity index (χ4v) is 4.18. The number of aliphatic hydroxyl groups is 2. The molecule has 1 saturated carbocycles. The van der Waals surface area contributed by atoms with Gasteiger partial charge in [-0.2, -0.15) is 4.98 Å². The topological polar surface area (TPSA) is 137 Å². The second kappa shape index (κ2) is 12.5. The van der Waals surface area contributed by atoms with Crippen molar-refractivity contribution >= 4 is 17.7 Å². The Hall–Kier alpha value is -3.50. The SMILES string of the molecule is CCCCNc1ncc(C(=O)NCc2ccc(-n3cnc(CO)c3)cc2)c(NC2CCC(O)CC2)n1. The number of nitrogens with one attached hydrogen (secondary N) is 3. The number of benzene rings is 1. The maximum atomic E-state index is 13.1. The number of unbranched alkanes of at least 4 members (excludes halogenated alkanes) is 1. The zero-order chi connectivity index (χ0) is 25.3. The zero-order valence-electron chi connectivity index (χ0n) is 20.7. The van der Waals surface area contributed by atoms with E-state index in [2.05, 4.69) is 37.8 Å². The molecule has 1 fully saturated rings. The second-order valence-electron chi connectivity index (χ2n) is 9.17. The Kier molecular flexibility index (Phi) is 8.85. The molecule has 0 spiro atoms. The Bertz CT molecular complexity index is 1120. The van der Waals surface area contributed by atoms with Crippen LogP contribution in [-0.4, -0.2) is 54.3 Å². The number of carbonyl (C=O) groups excluding carboxylic acids is 1. The van der Waals surface area contributed by atoms with E-state index in [0.29, 0.717) is 29.6 Å². The van der Waals surface area contributed by atoms with Crippen molar-refractivity contribution in [2.24, 2.45) is 0 Å². The van der Waals surface area contributed by atoms with Crippen molar-refractivity contribution in [3.05, 3.63) is 59.8 Å². The molecule has 192 valence electrons. The molecule has 0 bridgehead atoms. The van der Waals surface area contributed by atoms with E-state index in [1.54, 1.807) is 18.7 Å². The first-order valence-electron chi connectivity index (χ1n) is 12.6. The Labute approximate surface area is 211 Å². The summed E-state index contributed by atoms with van der Waals surface area (Å²) < 4.78 is 1.84. The van der Waals surface area contributed by atoms with Crippen LogP contribution >= 0.6 is 0 Å². The number of rotatable bonds is 11. The summed E-state index contributed by atoms with van der Waals surface area (Å²) in [7, 11) is 0. The van der Waals surface area contributed by atoms with Gasteiger partial charge in [-0.05, 0) is 49.8 Å². The van der Waals surface area contributed by atoms with Gasteiger partial charge >= 0.3 is 0 Å². The van der Waals surface area contributed by atoms with Crippen LogP contribution in [0.5, 0.6) is 0 Å². The van der Waals surface area contributed by atoms with Crippen LogP contribution < -0.4 is 16.0 Å². The van der Waals surface area contributed by atoms with Crippen LogP contribution in [0.2, 0.25) is 0 Å². The number of hydrogen-bond donors (Lipinski definition) is 5. The van der Waals surface area contributed by atoms with Crippen molar-refractivity contribution in [3.63, 3.8) is 0 Å². The second-order valence-corrected chi connectivity index (χ2v) is 9.17. The molecule has 10 nitrogen and oxygen atoms in total. The van der Waals surface area contributed by atoms with Crippen molar-refractivity contribution in [1.82, 2.24) is 24.8 Å². The number of imidazole rings is 1. The summed E-state index contributed by atoms with van der Waals surface area (Å²) in [6, 6.07) is 7.92. The molecule has 0 atom stereocenters. The summed E-state index contributed by atoms with van der Waals surface area (Å²) in [5.41, 5.74) is 2.87. The number of carbonyl (C=O) groups is 1. The molecule has 1 aliphatic rings. The molecule has 0 unspecified atom stereocenters. The molecule has 2 heterocycles. The van der Waals surface area contributed by atoms with E-state index in [1.165, 1.54) is 0 Å². The Balaban J connectivity index is 1.42. The molecule has 1 amide bonds. The minimum Gasteiger partial charge on any atom is -0.393 e. The largest absolute Gasteiger partial charge is 0.393 e. The Morgan fingerprint density at radius 1 is 1.14 bits per heavy atom. The summed E-state index contributed by atoms with van der Waals surface area (Å²) in [6.45, 7) is 3.15. The van der Waals surface area contributed by atoms with E-state index < -0.39 is 0 Å². The molecule has 0 aliphatic heterocycles. The summed E-state index contributed by atoms with van der Waals surface area (Å²) in [4.78, 5) is 26.2. The van der Waals surface area contributed by atoms with Gasteiger partial charge in [0.2, 0.25) is 5.95 Å². The van der Waals surface area contributed by atoms with Crippen LogP contribution in [0.4, 0.5) is 11.8 Å². The van der Waals surface area contributed by atoms with Crippen LogP contribution in [0.3, 0.4) is 0 Å². The molecule has 1 aliphatic carbocycles. The predicted octanol–water partition coefficient (Wildman–Crippen LogP) is 3.01. The van der Waals surface area contributed by atoms with E-state index in [1.807, 2.05) is 28.8 Å². The molecule has 3 aromatic rings. The number of aromatic nitrogens is 4. The van der Waals surface area contributed by atoms with Crippen LogP contribution in [0.1, 0.15) is 67.1 Å². The van der Waals surface area contributed by atoms with E-state index in [4.69, 9.17) is 0 Å². The van der Waals surface area contributed by atoms with Crippen LogP contribution in [0.15, 0.2) is 43.0 Å². The van der Waals surface area contributed by atoms with Gasteiger partial charge in [-0.15, -0.1) is 0 Å². The van der Waals surface area contributed by atoms with Gasteiger partial charge in [0.15, 0.2) is 0 Å². The quantitative estimate of drug-likeness (QED) is 0.257. The third kappa shape index (κ3) is 6.79. The highest BCUT2D eigenvalue weighted by Crippen LogP contribution is 2.24. The zero-order valence-corrected chi connectivity index (χ0v) is 20.7. The molecule has 0 saturated heterocycles. The molecule has 5 N–H and O–H groups in total. The van der Waals surface area contributed by atoms with Crippen molar-refractivity contribution in [2.75, 3.05) is 17.2 Å². The van der Waals surface area contributed by atoms with Gasteiger partial charge in [0.1, 0.15) is 11.4 Å². The van der Waals surface area contributed by atoms with Gasteiger partial charge in [-0.25, -0.2) is 9.97 Å². The average molecular weight is 494 g/mol. The van der Waals surface area contributed by atoms with Crippen LogP contribution in [0.25, 0.3) is 5.69 Å². The molecule has 0 radical (unpaired) electrons. The lowest BCUT2D eigenvalue weighted by Gasteiger charge is -2.27. The fourth-order valence-electron chi connectivity index (χ4n) is 4.18. The molecule has 10 heteroatoms. The Morgan fingerprint density at radius 3 is 2.61 bits per heavy atom. The van der Waals surface area contributed by atoms with Gasteiger partial charge in [0, 0.05) is 37.2 Å². The van der Waals surface area contributed by atoms with E-state index in [-0.39, 0.29) is 24.7 Å². The highest BCUT2D eigenvalue weighted by Gasteiger charge is 2.22. The first kappa shape index (κ1) is 25.6. The minimum absolute atomic E-state index is 0.101. The van der Waals surface area contributed by atoms with Gasteiger partial charge in [0.25, 0.3) is 5.91 Å². The molecular formula is C26H35N7O3. The molecule has 2 aromatic heterocycles. The number of anilines is 2. The first-order valence-corrected chi connectivity index (χ1v) is 12.6. The van der Waals surface area contributed by atoms with Crippen LogP contribution in [0, 0.1) is 0 Å². The van der Waals surface area contributed by atoms with E-state index in [9.17, 15) is 15.0 Å². The number of amides is 1. The molecular weight excluding hydrogens is 458 g/mol. The van der Waals surface area contributed by atoms with Crippen LogP contribution in [-0.2, 0) is 13.2 Å². The summed E-state index contributed by atoms with van der Waals surface area (Å²) in [5, 5.41) is 28.7. The van der Waals surface area contributed by atoms with E-state index >= 15 is 0 Å². The maximum absolute atomic E-state index is 13.1. The summed E-state index contributed by atoms with van der Waals surface area (Å²) >= 11 is 0. The predicted molar refractivity (Wildman–Crippen MR) is 138 cm³/mol. The minimum atomic E-state index is -0.251. The van der Waals surface area contributed by atoms with Crippen molar-refractivity contribution in [2.45, 2.75) is 70.7 Å². The standard InChI is InChI=1S/C26H35N7O3/c1-2-3-12-27-26-29-14-23(24(32-26)31-19-6-10-22(35)11-7-19)25(36)28-13-18-4-8-21(9-5-18)33-15-20(16-34)30-17-33/h4-5,8-9,14-15,17,19,22,34-35H,2-3,6-7,10-13,16H2,1H3,(H,28,36)(H2,27,29,31,32). The van der Waals surface area contributed by atoms with Crippen molar-refractivity contribution < 1.29 is 15.0 Å². The number of aliphatic hydroxyl groups excluding tert-OH is 2. The number of hydrogen-bond acceptors (Lipinski definition) is 8.